The number of amides is 1. The molecule has 0 spiro atoms. The molecule has 1 unspecified atom stereocenters. The van der Waals surface area contributed by atoms with Gasteiger partial charge in [0.15, 0.2) is 0 Å². The van der Waals surface area contributed by atoms with Gasteiger partial charge in [0, 0.05) is 18.6 Å². The molecule has 1 atom stereocenters. The first-order valence-corrected chi connectivity index (χ1v) is 6.72. The first-order chi connectivity index (χ1) is 8.70. The van der Waals surface area contributed by atoms with Crippen molar-refractivity contribution in [2.45, 2.75) is 6.04 Å². The Bertz CT molecular complexity index is 524. The van der Waals surface area contributed by atoms with Gasteiger partial charge in [-0.3, -0.25) is 4.79 Å². The smallest absolute Gasteiger partial charge is 0.271 e. The molecule has 0 radical (unpaired) electrons. The minimum atomic E-state index is -0.163. The highest BCUT2D eigenvalue weighted by molar-refractivity contribution is 9.09. The summed E-state index contributed by atoms with van der Waals surface area (Å²) in [6.07, 6.45) is 3.31. The van der Waals surface area contributed by atoms with E-state index in [0.717, 1.165) is 5.56 Å². The molecule has 1 heterocycles. The van der Waals surface area contributed by atoms with E-state index in [4.69, 9.17) is 0 Å². The Morgan fingerprint density at radius 2 is 2.17 bits per heavy atom. The van der Waals surface area contributed by atoms with E-state index in [-0.39, 0.29) is 11.9 Å². The number of aryl methyl sites for hydroxylation is 1. The maximum atomic E-state index is 12.0. The number of halogens is 1. The number of imidazole rings is 1. The Morgan fingerprint density at radius 3 is 2.72 bits per heavy atom. The SMILES string of the molecule is Cn1cnc(C(=O)NC(CBr)c2ccccc2)c1. The van der Waals surface area contributed by atoms with Gasteiger partial charge >= 0.3 is 0 Å². The van der Waals surface area contributed by atoms with Crippen LogP contribution in [0.2, 0.25) is 0 Å². The number of carbonyl (C=O) groups is 1. The molecule has 0 aliphatic carbocycles. The number of alkyl halides is 1. The second-order valence-electron chi connectivity index (χ2n) is 4.02. The van der Waals surface area contributed by atoms with Crippen molar-refractivity contribution < 1.29 is 4.79 Å². The molecule has 0 saturated heterocycles. The van der Waals surface area contributed by atoms with E-state index in [1.807, 2.05) is 37.4 Å². The lowest BCUT2D eigenvalue weighted by Crippen LogP contribution is -2.29. The number of carbonyl (C=O) groups excluding carboxylic acids is 1. The number of nitrogens with zero attached hydrogens (tertiary/aromatic N) is 2. The molecule has 2 aromatic rings. The predicted octanol–water partition coefficient (Wildman–Crippen LogP) is 2.29. The number of rotatable bonds is 4. The molecule has 4 nitrogen and oxygen atoms in total. The van der Waals surface area contributed by atoms with Gasteiger partial charge in [-0.25, -0.2) is 4.98 Å². The van der Waals surface area contributed by atoms with Gasteiger partial charge in [-0.15, -0.1) is 0 Å². The van der Waals surface area contributed by atoms with Gasteiger partial charge in [0.2, 0.25) is 0 Å². The maximum Gasteiger partial charge on any atom is 0.271 e. The van der Waals surface area contributed by atoms with Crippen LogP contribution in [-0.4, -0.2) is 20.8 Å². The Hall–Kier alpha value is -1.62. The third kappa shape index (κ3) is 2.98. The molecule has 18 heavy (non-hydrogen) atoms. The maximum absolute atomic E-state index is 12.0. The first-order valence-electron chi connectivity index (χ1n) is 5.60. The van der Waals surface area contributed by atoms with Crippen molar-refractivity contribution in [3.8, 4) is 0 Å². The van der Waals surface area contributed by atoms with Crippen molar-refractivity contribution >= 4 is 21.8 Å². The fraction of sp³-hybridized carbons (Fsp3) is 0.231. The number of benzene rings is 1. The predicted molar refractivity (Wildman–Crippen MR) is 73.7 cm³/mol. The van der Waals surface area contributed by atoms with E-state index in [9.17, 15) is 4.79 Å². The summed E-state index contributed by atoms with van der Waals surface area (Å²) in [5, 5.41) is 3.61. The van der Waals surface area contributed by atoms with Crippen LogP contribution >= 0.6 is 15.9 Å². The van der Waals surface area contributed by atoms with Gasteiger partial charge in [0.1, 0.15) is 5.69 Å². The molecule has 5 heteroatoms. The van der Waals surface area contributed by atoms with Crippen molar-refractivity contribution in [2.24, 2.45) is 7.05 Å². The fourth-order valence-corrected chi connectivity index (χ4v) is 2.19. The summed E-state index contributed by atoms with van der Waals surface area (Å²) < 4.78 is 1.75. The van der Waals surface area contributed by atoms with Crippen LogP contribution in [-0.2, 0) is 7.05 Å². The zero-order valence-electron chi connectivity index (χ0n) is 10.0. The number of hydrogen-bond acceptors (Lipinski definition) is 2. The van der Waals surface area contributed by atoms with Crippen LogP contribution in [0.25, 0.3) is 0 Å². The molecule has 94 valence electrons. The summed E-state index contributed by atoms with van der Waals surface area (Å²) in [7, 11) is 1.84. The van der Waals surface area contributed by atoms with Crippen LogP contribution in [0.1, 0.15) is 22.1 Å². The van der Waals surface area contributed by atoms with Crippen LogP contribution < -0.4 is 5.32 Å². The zero-order valence-corrected chi connectivity index (χ0v) is 11.6. The average molecular weight is 308 g/mol. The van der Waals surface area contributed by atoms with Gasteiger partial charge in [0.25, 0.3) is 5.91 Å². The lowest BCUT2D eigenvalue weighted by atomic mass is 10.1. The molecular formula is C13H14BrN3O. The van der Waals surface area contributed by atoms with Crippen LogP contribution in [0.4, 0.5) is 0 Å². The summed E-state index contributed by atoms with van der Waals surface area (Å²) in [6, 6.07) is 9.79. The molecule has 0 aliphatic heterocycles. The highest BCUT2D eigenvalue weighted by atomic mass is 79.9. The molecule has 1 amide bonds. The van der Waals surface area contributed by atoms with Gasteiger partial charge in [0.05, 0.1) is 12.4 Å². The second-order valence-corrected chi connectivity index (χ2v) is 4.66. The van der Waals surface area contributed by atoms with E-state index in [0.29, 0.717) is 11.0 Å². The quantitative estimate of drug-likeness (QED) is 0.881. The second kappa shape index (κ2) is 5.82. The fourth-order valence-electron chi connectivity index (χ4n) is 1.66. The van der Waals surface area contributed by atoms with Crippen molar-refractivity contribution in [2.75, 3.05) is 5.33 Å². The molecular weight excluding hydrogens is 294 g/mol. The lowest BCUT2D eigenvalue weighted by molar-refractivity contribution is 0.0936. The molecule has 1 N–H and O–H groups in total. The van der Waals surface area contributed by atoms with E-state index >= 15 is 0 Å². The van der Waals surface area contributed by atoms with Crippen LogP contribution in [0.3, 0.4) is 0 Å². The summed E-state index contributed by atoms with van der Waals surface area (Å²) in [5.74, 6) is -0.163. The van der Waals surface area contributed by atoms with Crippen LogP contribution in [0, 0.1) is 0 Å². The Morgan fingerprint density at radius 1 is 1.44 bits per heavy atom. The largest absolute Gasteiger partial charge is 0.343 e. The molecule has 1 aromatic heterocycles. The number of hydrogen-bond donors (Lipinski definition) is 1. The molecule has 2 rings (SSSR count). The summed E-state index contributed by atoms with van der Waals surface area (Å²) >= 11 is 3.42. The summed E-state index contributed by atoms with van der Waals surface area (Å²) in [6.45, 7) is 0. The van der Waals surface area contributed by atoms with Crippen LogP contribution in [0.5, 0.6) is 0 Å². The third-order valence-corrected chi connectivity index (χ3v) is 3.25. The number of aromatic nitrogens is 2. The van der Waals surface area contributed by atoms with Crippen molar-refractivity contribution in [3.63, 3.8) is 0 Å². The van der Waals surface area contributed by atoms with Crippen LogP contribution in [0.15, 0.2) is 42.9 Å². The van der Waals surface area contributed by atoms with Crippen molar-refractivity contribution in [3.05, 3.63) is 54.1 Å². The molecule has 0 aliphatic rings. The Kier molecular flexibility index (Phi) is 4.15. The first kappa shape index (κ1) is 12.8. The Labute approximate surface area is 114 Å². The standard InChI is InChI=1S/C13H14BrN3O/c1-17-8-12(15-9-17)13(18)16-11(7-14)10-5-3-2-4-6-10/h2-6,8-9,11H,7H2,1H3,(H,16,18). The lowest BCUT2D eigenvalue weighted by Gasteiger charge is -2.15. The summed E-state index contributed by atoms with van der Waals surface area (Å²) in [5.41, 5.74) is 1.50. The van der Waals surface area contributed by atoms with Gasteiger partial charge in [-0.1, -0.05) is 46.3 Å². The minimum Gasteiger partial charge on any atom is -0.343 e. The highest BCUT2D eigenvalue weighted by Gasteiger charge is 2.15. The monoisotopic (exact) mass is 307 g/mol. The van der Waals surface area contributed by atoms with E-state index in [2.05, 4.69) is 26.2 Å². The molecule has 0 saturated carbocycles. The van der Waals surface area contributed by atoms with Gasteiger partial charge in [-0.2, -0.15) is 0 Å². The Balaban J connectivity index is 2.10. The van der Waals surface area contributed by atoms with E-state index in [1.54, 1.807) is 17.1 Å². The highest BCUT2D eigenvalue weighted by Crippen LogP contribution is 2.15. The van der Waals surface area contributed by atoms with E-state index < -0.39 is 0 Å². The van der Waals surface area contributed by atoms with Crippen molar-refractivity contribution in [1.29, 1.82) is 0 Å². The van der Waals surface area contributed by atoms with E-state index in [1.165, 1.54) is 0 Å². The zero-order chi connectivity index (χ0) is 13.0. The van der Waals surface area contributed by atoms with Gasteiger partial charge < -0.3 is 9.88 Å². The normalized spacial score (nSPS) is 12.1. The average Bonchev–Trinajstić information content (AvgIpc) is 2.83. The topological polar surface area (TPSA) is 46.9 Å². The van der Waals surface area contributed by atoms with Gasteiger partial charge in [-0.05, 0) is 5.56 Å². The summed E-state index contributed by atoms with van der Waals surface area (Å²) in [4.78, 5) is 16.0. The number of nitrogens with one attached hydrogen (secondary N) is 1. The molecule has 0 fully saturated rings. The third-order valence-electron chi connectivity index (χ3n) is 2.60. The minimum absolute atomic E-state index is 0.0549. The van der Waals surface area contributed by atoms with Crippen molar-refractivity contribution in [1.82, 2.24) is 14.9 Å². The molecule has 0 bridgehead atoms. The molecule has 1 aromatic carbocycles.